The summed E-state index contributed by atoms with van der Waals surface area (Å²) in [7, 11) is 0. The van der Waals surface area contributed by atoms with E-state index in [1.807, 2.05) is 30.0 Å². The lowest BCUT2D eigenvalue weighted by Crippen LogP contribution is -2.70. The molecule has 1 heterocycles. The minimum absolute atomic E-state index is 0.0714. The highest BCUT2D eigenvalue weighted by atomic mass is 19.1. The molecule has 2 aliphatic carbocycles. The first-order valence-corrected chi connectivity index (χ1v) is 23.7. The number of hydrogen-bond donors (Lipinski definition) is 2. The van der Waals surface area contributed by atoms with E-state index in [9.17, 15) is 19.4 Å². The monoisotopic (exact) mass is 847 g/mol. The first kappa shape index (κ1) is 48.3. The van der Waals surface area contributed by atoms with Gasteiger partial charge in [0.25, 0.3) is 0 Å². The van der Waals surface area contributed by atoms with E-state index in [-0.39, 0.29) is 61.8 Å². The molecule has 1 amide bonds. The number of aliphatic hydroxyl groups excluding tert-OH is 2. The second-order valence-electron chi connectivity index (χ2n) is 17.2. The molecule has 6 atom stereocenters. The second kappa shape index (κ2) is 25.4. The molecule has 10 heteroatoms. The van der Waals surface area contributed by atoms with E-state index in [4.69, 9.17) is 24.2 Å². The first-order valence-electron chi connectivity index (χ1n) is 23.7. The Bertz CT molecular complexity index is 1720. The fourth-order valence-corrected chi connectivity index (χ4v) is 10.1. The molecule has 1 fully saturated rings. The Balaban J connectivity index is 1.61. The number of amides is 1. The highest BCUT2D eigenvalue weighted by molar-refractivity contribution is 6.03. The van der Waals surface area contributed by atoms with Crippen LogP contribution < -0.4 is 9.47 Å². The Morgan fingerprint density at radius 1 is 0.934 bits per heavy atom. The topological polar surface area (TPSA) is 110 Å². The highest BCUT2D eigenvalue weighted by Crippen LogP contribution is 2.62. The van der Waals surface area contributed by atoms with Crippen molar-refractivity contribution in [3.63, 3.8) is 0 Å². The number of aliphatic hydroxyl groups is 2. The number of rotatable bonds is 29. The van der Waals surface area contributed by atoms with Crippen molar-refractivity contribution in [1.82, 2.24) is 4.90 Å². The smallest absolute Gasteiger partial charge is 0.239 e. The van der Waals surface area contributed by atoms with Crippen LogP contribution in [0.2, 0.25) is 0 Å². The van der Waals surface area contributed by atoms with Crippen LogP contribution in [-0.4, -0.2) is 71.5 Å². The van der Waals surface area contributed by atoms with Crippen LogP contribution in [0.3, 0.4) is 0 Å². The Morgan fingerprint density at radius 2 is 1.66 bits per heavy atom. The van der Waals surface area contributed by atoms with Gasteiger partial charge in [-0.2, -0.15) is 0 Å². The normalized spacial score (nSPS) is 23.4. The van der Waals surface area contributed by atoms with E-state index in [0.717, 1.165) is 68.2 Å². The maximum Gasteiger partial charge on any atom is 0.239 e. The molecule has 0 aromatic heterocycles. The van der Waals surface area contributed by atoms with Crippen LogP contribution in [0, 0.1) is 23.6 Å². The maximum atomic E-state index is 14.7. The summed E-state index contributed by atoms with van der Waals surface area (Å²) in [6, 6.07) is 12.0. The predicted octanol–water partition coefficient (Wildman–Crippen LogP) is 11.2. The van der Waals surface area contributed by atoms with Crippen LogP contribution in [-0.2, 0) is 21.0 Å². The van der Waals surface area contributed by atoms with Crippen LogP contribution in [0.25, 0.3) is 0 Å². The van der Waals surface area contributed by atoms with Crippen LogP contribution in [0.5, 0.6) is 11.5 Å². The summed E-state index contributed by atoms with van der Waals surface area (Å²) < 4.78 is 35.5. The lowest BCUT2D eigenvalue weighted by atomic mass is 9.55. The van der Waals surface area contributed by atoms with Crippen LogP contribution >= 0.6 is 0 Å². The summed E-state index contributed by atoms with van der Waals surface area (Å²) >= 11 is 0. The van der Waals surface area contributed by atoms with Gasteiger partial charge in [0.15, 0.2) is 0 Å². The maximum absolute atomic E-state index is 14.7. The lowest BCUT2D eigenvalue weighted by Gasteiger charge is -2.60. The molecule has 61 heavy (non-hydrogen) atoms. The molecule has 0 radical (unpaired) electrons. The summed E-state index contributed by atoms with van der Waals surface area (Å²) in [5, 5.41) is 24.6. The number of hydrogen-bond acceptors (Lipinski definition) is 8. The van der Waals surface area contributed by atoms with E-state index in [0.29, 0.717) is 55.9 Å². The summed E-state index contributed by atoms with van der Waals surface area (Å²) in [4.78, 5) is 22.6. The number of benzene rings is 2. The van der Waals surface area contributed by atoms with Gasteiger partial charge in [-0.05, 0) is 87.1 Å². The minimum atomic E-state index is -1.28. The third-order valence-corrected chi connectivity index (χ3v) is 13.0. The van der Waals surface area contributed by atoms with Gasteiger partial charge in [-0.3, -0.25) is 4.79 Å². The van der Waals surface area contributed by atoms with E-state index >= 15 is 0 Å². The molecule has 2 aromatic rings. The summed E-state index contributed by atoms with van der Waals surface area (Å²) in [5.41, 5.74) is 3.26. The van der Waals surface area contributed by atoms with Crippen molar-refractivity contribution in [2.45, 2.75) is 161 Å². The van der Waals surface area contributed by atoms with Crippen LogP contribution in [0.1, 0.15) is 153 Å². The second-order valence-corrected chi connectivity index (χ2v) is 17.2. The van der Waals surface area contributed by atoms with Crippen molar-refractivity contribution in [2.75, 3.05) is 33.0 Å². The van der Waals surface area contributed by atoms with Gasteiger partial charge in [-0.25, -0.2) is 4.39 Å². The molecule has 3 aliphatic rings. The Labute approximate surface area is 365 Å². The summed E-state index contributed by atoms with van der Waals surface area (Å²) in [5.74, 6) is -0.553. The zero-order valence-electron chi connectivity index (χ0n) is 37.5. The Kier molecular flexibility index (Phi) is 20.1. The fourth-order valence-electron chi connectivity index (χ4n) is 10.1. The number of ether oxygens (including phenoxy) is 3. The molecule has 1 aliphatic heterocycles. The molecule has 2 aromatic carbocycles. The van der Waals surface area contributed by atoms with Gasteiger partial charge in [0.1, 0.15) is 36.6 Å². The SMILES string of the molecule is C=CCOC12Oc3ccc(OCc4ccccc4F)cc3C3C(CCCCO)C(CCCCO)C=C(C(=NOCC)CC1N(CCC)C(=O)CCCCCCCCCCC)C32. The molecular weight excluding hydrogens is 772 g/mol. The molecule has 0 spiro atoms. The largest absolute Gasteiger partial charge is 0.489 e. The minimum Gasteiger partial charge on any atom is -0.489 e. The van der Waals surface area contributed by atoms with E-state index < -0.39 is 11.8 Å². The van der Waals surface area contributed by atoms with Gasteiger partial charge in [-0.15, -0.1) is 6.58 Å². The van der Waals surface area contributed by atoms with Gasteiger partial charge in [-0.1, -0.05) is 114 Å². The zero-order chi connectivity index (χ0) is 43.5. The number of allylic oxidation sites excluding steroid dienone is 1. The highest BCUT2D eigenvalue weighted by Gasteiger charge is 2.65. The number of oxime groups is 1. The van der Waals surface area contributed by atoms with Crippen molar-refractivity contribution in [3.8, 4) is 11.5 Å². The average molecular weight is 847 g/mol. The molecule has 9 nitrogen and oxygen atoms in total. The molecule has 5 rings (SSSR count). The van der Waals surface area contributed by atoms with Crippen LogP contribution in [0.4, 0.5) is 4.39 Å². The standard InChI is InChI=1S/C51H75FN2O7/c1-5-9-10-11-12-13-14-15-16-27-48(57)54(30-6-2)47-36-45(53-60-8-4)42-34-38(23-19-21-31-55)41(25-20-22-32-56)49-43-35-40(58-37-39-24-17-18-26-44(39)52)28-29-46(43)61-51(47,50(42)49)59-33-7-3/h7,17-18,24,26,28-29,34-35,38,41,47,49-50,55-56H,3,5-6,8-16,19-23,25,27,30-33,36-37H2,1-2,4H3. The predicted molar refractivity (Wildman–Crippen MR) is 241 cm³/mol. The van der Waals surface area contributed by atoms with Crippen molar-refractivity contribution in [1.29, 1.82) is 0 Å². The van der Waals surface area contributed by atoms with Gasteiger partial charge in [0, 0.05) is 49.6 Å². The Hall–Kier alpha value is -3.73. The van der Waals surface area contributed by atoms with Crippen molar-refractivity contribution >= 4 is 11.6 Å². The summed E-state index contributed by atoms with van der Waals surface area (Å²) in [6.07, 6.45) is 21.1. The van der Waals surface area contributed by atoms with E-state index in [2.05, 4.69) is 26.5 Å². The lowest BCUT2D eigenvalue weighted by molar-refractivity contribution is -0.257. The quantitative estimate of drug-likeness (QED) is 0.0477. The Morgan fingerprint density at radius 3 is 2.34 bits per heavy atom. The van der Waals surface area contributed by atoms with Gasteiger partial charge in [0.05, 0.1) is 18.2 Å². The number of halogens is 1. The third-order valence-electron chi connectivity index (χ3n) is 13.0. The third kappa shape index (κ3) is 12.5. The fraction of sp³-hybridized carbons (Fsp3) is 0.647. The summed E-state index contributed by atoms with van der Waals surface area (Å²) in [6.45, 7) is 11.8. The number of carbonyl (C=O) groups excluding carboxylic acids is 1. The van der Waals surface area contributed by atoms with Gasteiger partial charge in [0.2, 0.25) is 11.7 Å². The first-order chi connectivity index (χ1) is 29.9. The van der Waals surface area contributed by atoms with Gasteiger partial charge >= 0.3 is 0 Å². The number of carbonyl (C=O) groups is 1. The molecular formula is C51H75FN2O7. The van der Waals surface area contributed by atoms with E-state index in [1.165, 1.54) is 44.6 Å². The van der Waals surface area contributed by atoms with Crippen molar-refractivity contribution in [2.24, 2.45) is 22.9 Å². The molecule has 6 unspecified atom stereocenters. The molecule has 338 valence electrons. The van der Waals surface area contributed by atoms with Gasteiger partial charge < -0.3 is 34.2 Å². The number of fused-ring (bicyclic) bond motifs is 2. The van der Waals surface area contributed by atoms with Crippen LogP contribution in [0.15, 0.2) is 71.9 Å². The molecule has 0 saturated heterocycles. The number of unbranched alkanes of at least 4 members (excludes halogenated alkanes) is 10. The molecule has 2 N–H and O–H groups in total. The van der Waals surface area contributed by atoms with Crippen molar-refractivity contribution < 1.29 is 38.4 Å². The molecule has 0 bridgehead atoms. The molecule has 1 saturated carbocycles. The van der Waals surface area contributed by atoms with E-state index in [1.54, 1.807) is 24.3 Å². The number of nitrogens with zero attached hydrogens (tertiary/aromatic N) is 2. The average Bonchev–Trinajstić information content (AvgIpc) is 3.27. The van der Waals surface area contributed by atoms with Crippen molar-refractivity contribution in [3.05, 3.63) is 83.7 Å². The zero-order valence-corrected chi connectivity index (χ0v) is 37.5.